The number of carbonyl (C=O) groups excluding carboxylic acids is 2. The summed E-state index contributed by atoms with van der Waals surface area (Å²) in [5.41, 5.74) is 0.987. The van der Waals surface area contributed by atoms with E-state index in [2.05, 4.69) is 4.98 Å². The third kappa shape index (κ3) is 2.59. The van der Waals surface area contributed by atoms with Gasteiger partial charge in [0, 0.05) is 24.7 Å². The number of fused-ring (bicyclic) bond motifs is 3. The molecule has 6 nitrogen and oxygen atoms in total. The fraction of sp³-hybridized carbons (Fsp3) is 0.438. The lowest BCUT2D eigenvalue weighted by atomic mass is 9.97. The molecule has 24 heavy (non-hydrogen) atoms. The second kappa shape index (κ2) is 6.18. The maximum Gasteiger partial charge on any atom is 0.309 e. The van der Waals surface area contributed by atoms with E-state index < -0.39 is 0 Å². The van der Waals surface area contributed by atoms with Gasteiger partial charge in [0.2, 0.25) is 0 Å². The fourth-order valence-corrected chi connectivity index (χ4v) is 4.86. The molecule has 0 atom stereocenters. The first-order valence-electron chi connectivity index (χ1n) is 7.98. The van der Waals surface area contributed by atoms with Crippen molar-refractivity contribution in [3.05, 3.63) is 22.5 Å². The van der Waals surface area contributed by atoms with Gasteiger partial charge in [0.1, 0.15) is 4.83 Å². The average Bonchev–Trinajstić information content (AvgIpc) is 3.26. The van der Waals surface area contributed by atoms with Crippen LogP contribution in [0.1, 0.15) is 29.4 Å². The molecule has 0 aliphatic carbocycles. The molecule has 8 heteroatoms. The van der Waals surface area contributed by atoms with E-state index in [1.165, 1.54) is 11.3 Å². The number of likely N-dealkylation sites (tertiary alicyclic amines) is 1. The number of ether oxygens (including phenoxy) is 1. The Bertz CT molecular complexity index is 902. The van der Waals surface area contributed by atoms with E-state index in [9.17, 15) is 9.59 Å². The van der Waals surface area contributed by atoms with Crippen molar-refractivity contribution >= 4 is 49.9 Å². The lowest BCUT2D eigenvalue weighted by Crippen LogP contribution is -2.40. The maximum absolute atomic E-state index is 12.7. The molecule has 1 fully saturated rings. The highest BCUT2D eigenvalue weighted by atomic mass is 32.1. The van der Waals surface area contributed by atoms with Crippen molar-refractivity contribution in [1.82, 2.24) is 14.3 Å². The highest BCUT2D eigenvalue weighted by Crippen LogP contribution is 2.30. The van der Waals surface area contributed by atoms with Crippen LogP contribution in [-0.2, 0) is 9.53 Å². The average molecular weight is 363 g/mol. The number of imidazole rings is 1. The zero-order chi connectivity index (χ0) is 16.7. The van der Waals surface area contributed by atoms with Crippen molar-refractivity contribution < 1.29 is 14.3 Å². The number of thiazole rings is 1. The van der Waals surface area contributed by atoms with Gasteiger partial charge in [-0.15, -0.1) is 22.7 Å². The summed E-state index contributed by atoms with van der Waals surface area (Å²) in [4.78, 5) is 33.5. The lowest BCUT2D eigenvalue weighted by Gasteiger charge is -2.30. The quantitative estimate of drug-likeness (QED) is 0.671. The molecule has 0 unspecified atom stereocenters. The number of nitrogens with zero attached hydrogens (tertiary/aromatic N) is 3. The van der Waals surface area contributed by atoms with Crippen LogP contribution in [0.2, 0.25) is 0 Å². The van der Waals surface area contributed by atoms with E-state index in [1.54, 1.807) is 11.3 Å². The number of amides is 1. The Kier molecular flexibility index (Phi) is 4.01. The van der Waals surface area contributed by atoms with Crippen LogP contribution in [0, 0.1) is 5.92 Å². The van der Waals surface area contributed by atoms with Crippen LogP contribution in [-0.4, -0.2) is 45.9 Å². The second-order valence-corrected chi connectivity index (χ2v) is 7.69. The first-order chi connectivity index (χ1) is 11.7. The van der Waals surface area contributed by atoms with Crippen LogP contribution >= 0.6 is 22.7 Å². The minimum absolute atomic E-state index is 0.0317. The molecule has 3 aromatic rings. The smallest absolute Gasteiger partial charge is 0.309 e. The molecular formula is C16H17N3O3S2. The summed E-state index contributed by atoms with van der Waals surface area (Å²) in [7, 11) is 0. The summed E-state index contributed by atoms with van der Waals surface area (Å²) in [5.74, 6) is -0.189. The van der Waals surface area contributed by atoms with Crippen molar-refractivity contribution in [1.29, 1.82) is 0 Å². The van der Waals surface area contributed by atoms with E-state index in [0.29, 0.717) is 37.4 Å². The van der Waals surface area contributed by atoms with E-state index in [0.717, 1.165) is 15.3 Å². The van der Waals surface area contributed by atoms with Gasteiger partial charge in [-0.25, -0.2) is 4.98 Å². The molecule has 1 amide bonds. The lowest BCUT2D eigenvalue weighted by molar-refractivity contribution is -0.149. The van der Waals surface area contributed by atoms with E-state index in [-0.39, 0.29) is 17.8 Å². The van der Waals surface area contributed by atoms with Gasteiger partial charge in [-0.2, -0.15) is 0 Å². The van der Waals surface area contributed by atoms with Crippen molar-refractivity contribution in [2.45, 2.75) is 19.8 Å². The number of rotatable bonds is 3. The van der Waals surface area contributed by atoms with Gasteiger partial charge in [-0.3, -0.25) is 14.0 Å². The number of carbonyl (C=O) groups is 2. The molecule has 126 valence electrons. The van der Waals surface area contributed by atoms with Gasteiger partial charge >= 0.3 is 5.97 Å². The normalized spacial score (nSPS) is 16.1. The predicted molar refractivity (Wildman–Crippen MR) is 93.7 cm³/mol. The Morgan fingerprint density at radius 3 is 2.92 bits per heavy atom. The largest absolute Gasteiger partial charge is 0.466 e. The van der Waals surface area contributed by atoms with Crippen molar-refractivity contribution in [2.75, 3.05) is 19.7 Å². The summed E-state index contributed by atoms with van der Waals surface area (Å²) in [6.45, 7) is 3.41. The van der Waals surface area contributed by atoms with Crippen LogP contribution in [0.4, 0.5) is 0 Å². The first kappa shape index (κ1) is 15.6. The Morgan fingerprint density at radius 2 is 2.17 bits per heavy atom. The van der Waals surface area contributed by atoms with Crippen molar-refractivity contribution in [3.8, 4) is 0 Å². The predicted octanol–water partition coefficient (Wildman–Crippen LogP) is 3.03. The number of hydrogen-bond donors (Lipinski definition) is 0. The second-order valence-electron chi connectivity index (χ2n) is 5.79. The van der Waals surface area contributed by atoms with Crippen LogP contribution < -0.4 is 0 Å². The molecule has 1 saturated heterocycles. The van der Waals surface area contributed by atoms with Crippen LogP contribution in [0.15, 0.2) is 17.6 Å². The first-order valence-corrected chi connectivity index (χ1v) is 9.68. The van der Waals surface area contributed by atoms with Gasteiger partial charge in [0.05, 0.1) is 22.9 Å². The Balaban J connectivity index is 1.48. The topological polar surface area (TPSA) is 63.9 Å². The maximum atomic E-state index is 12.7. The number of thiophene rings is 1. The van der Waals surface area contributed by atoms with Gasteiger partial charge in [-0.1, -0.05) is 0 Å². The summed E-state index contributed by atoms with van der Waals surface area (Å²) in [6.07, 6.45) is 3.31. The van der Waals surface area contributed by atoms with Gasteiger partial charge in [-0.05, 0) is 25.8 Å². The summed E-state index contributed by atoms with van der Waals surface area (Å²) in [6, 6.07) is 1.92. The highest BCUT2D eigenvalue weighted by molar-refractivity contribution is 7.21. The summed E-state index contributed by atoms with van der Waals surface area (Å²) < 4.78 is 7.09. The number of hydrogen-bond acceptors (Lipinski definition) is 6. The molecule has 0 N–H and O–H groups in total. The molecule has 0 aromatic carbocycles. The molecule has 1 aliphatic heterocycles. The van der Waals surface area contributed by atoms with E-state index >= 15 is 0 Å². The third-order valence-electron chi connectivity index (χ3n) is 4.35. The molecule has 4 heterocycles. The van der Waals surface area contributed by atoms with Gasteiger partial charge in [0.25, 0.3) is 5.91 Å². The number of aromatic nitrogens is 2. The minimum Gasteiger partial charge on any atom is -0.466 e. The minimum atomic E-state index is -0.139. The van der Waals surface area contributed by atoms with Gasteiger partial charge in [0.15, 0.2) is 4.96 Å². The number of esters is 1. The Labute approximate surface area is 146 Å². The van der Waals surface area contributed by atoms with E-state index in [4.69, 9.17) is 4.74 Å². The zero-order valence-electron chi connectivity index (χ0n) is 13.2. The molecule has 0 bridgehead atoms. The Hall–Kier alpha value is -1.93. The summed E-state index contributed by atoms with van der Waals surface area (Å²) in [5, 5.41) is 1.99. The van der Waals surface area contributed by atoms with E-state index in [1.807, 2.05) is 33.9 Å². The monoisotopic (exact) mass is 363 g/mol. The summed E-state index contributed by atoms with van der Waals surface area (Å²) >= 11 is 3.02. The van der Waals surface area contributed by atoms with Crippen LogP contribution in [0.3, 0.4) is 0 Å². The van der Waals surface area contributed by atoms with Gasteiger partial charge < -0.3 is 9.64 Å². The molecule has 0 radical (unpaired) electrons. The molecule has 0 saturated carbocycles. The molecule has 3 aromatic heterocycles. The molecule has 1 aliphatic rings. The third-order valence-corrected chi connectivity index (χ3v) is 6.12. The highest BCUT2D eigenvalue weighted by Gasteiger charge is 2.29. The zero-order valence-corrected chi connectivity index (χ0v) is 14.9. The van der Waals surface area contributed by atoms with Crippen molar-refractivity contribution in [3.63, 3.8) is 0 Å². The fourth-order valence-electron chi connectivity index (χ4n) is 3.09. The molecule has 0 spiro atoms. The van der Waals surface area contributed by atoms with Crippen LogP contribution in [0.5, 0.6) is 0 Å². The standard InChI is InChI=1S/C16H17N3O3S2/c1-2-22-15(21)10-3-5-18(6-4-10)14(20)12-9-11-13(24-12)17-16-19(11)7-8-23-16/h7-10H,2-6H2,1H3. The Morgan fingerprint density at radius 1 is 1.38 bits per heavy atom. The van der Waals surface area contributed by atoms with Crippen molar-refractivity contribution in [2.24, 2.45) is 5.92 Å². The SMILES string of the molecule is CCOC(=O)C1CCN(C(=O)c2cc3c(nc4sccn43)s2)CC1. The molecular weight excluding hydrogens is 346 g/mol. The number of piperidine rings is 1. The van der Waals surface area contributed by atoms with Crippen LogP contribution in [0.25, 0.3) is 15.3 Å². The molecule has 4 rings (SSSR count).